The number of nitrogens with zero attached hydrogens (tertiary/aromatic N) is 1. The van der Waals surface area contributed by atoms with Gasteiger partial charge in [0.25, 0.3) is 5.69 Å². The molecule has 1 aromatic rings. The molecule has 0 radical (unpaired) electrons. The van der Waals surface area contributed by atoms with Crippen LogP contribution in [0.3, 0.4) is 0 Å². The highest BCUT2D eigenvalue weighted by Crippen LogP contribution is 2.22. The highest BCUT2D eigenvalue weighted by Gasteiger charge is 2.36. The fourth-order valence-corrected chi connectivity index (χ4v) is 1.12. The summed E-state index contributed by atoms with van der Waals surface area (Å²) in [7, 11) is 0. The van der Waals surface area contributed by atoms with E-state index in [9.17, 15) is 23.3 Å². The van der Waals surface area contributed by atoms with Gasteiger partial charge in [-0.05, 0) is 12.0 Å². The standard InChI is InChI=1S/C9H9F3N2O2/c10-9(11,12)8(13)5-6-1-3-7(4-2-6)14(15)16/h1-4,8H,5,13H2. The molecule has 1 aromatic carbocycles. The maximum atomic E-state index is 12.1. The molecule has 4 nitrogen and oxygen atoms in total. The molecule has 0 saturated heterocycles. The van der Waals surface area contributed by atoms with Gasteiger partial charge in [0.1, 0.15) is 6.04 Å². The van der Waals surface area contributed by atoms with E-state index in [0.29, 0.717) is 5.56 Å². The summed E-state index contributed by atoms with van der Waals surface area (Å²) in [6.45, 7) is 0. The zero-order valence-electron chi connectivity index (χ0n) is 8.07. The number of non-ortho nitro benzene ring substituents is 1. The van der Waals surface area contributed by atoms with Crippen molar-refractivity contribution in [2.24, 2.45) is 5.73 Å². The number of alkyl halides is 3. The van der Waals surface area contributed by atoms with E-state index in [1.165, 1.54) is 12.1 Å². The zero-order valence-corrected chi connectivity index (χ0v) is 8.07. The number of hydrogen-bond donors (Lipinski definition) is 1. The summed E-state index contributed by atoms with van der Waals surface area (Å²) in [4.78, 5) is 9.68. The molecule has 0 aromatic heterocycles. The Labute approximate surface area is 89.0 Å². The van der Waals surface area contributed by atoms with Crippen LogP contribution in [-0.2, 0) is 6.42 Å². The average molecular weight is 234 g/mol. The third kappa shape index (κ3) is 3.20. The van der Waals surface area contributed by atoms with Crippen molar-refractivity contribution in [3.05, 3.63) is 39.9 Å². The summed E-state index contributed by atoms with van der Waals surface area (Å²) in [6, 6.07) is 2.89. The van der Waals surface area contributed by atoms with Crippen molar-refractivity contribution in [3.63, 3.8) is 0 Å². The summed E-state index contributed by atoms with van der Waals surface area (Å²) in [5.41, 5.74) is 5.07. The van der Waals surface area contributed by atoms with Crippen molar-refractivity contribution in [1.82, 2.24) is 0 Å². The van der Waals surface area contributed by atoms with Gasteiger partial charge in [0.05, 0.1) is 4.92 Å². The lowest BCUT2D eigenvalue weighted by Gasteiger charge is -2.15. The molecule has 16 heavy (non-hydrogen) atoms. The van der Waals surface area contributed by atoms with Gasteiger partial charge in [-0.3, -0.25) is 10.1 Å². The molecule has 0 aliphatic carbocycles. The van der Waals surface area contributed by atoms with Gasteiger partial charge < -0.3 is 5.73 Å². The van der Waals surface area contributed by atoms with E-state index in [0.717, 1.165) is 12.1 Å². The molecule has 1 rings (SSSR count). The van der Waals surface area contributed by atoms with Gasteiger partial charge in [0, 0.05) is 12.1 Å². The maximum absolute atomic E-state index is 12.1. The zero-order chi connectivity index (χ0) is 12.3. The highest BCUT2D eigenvalue weighted by atomic mass is 19.4. The first-order chi connectivity index (χ1) is 7.30. The molecule has 88 valence electrons. The molecule has 0 heterocycles. The second-order valence-corrected chi connectivity index (χ2v) is 3.28. The fraction of sp³-hybridized carbons (Fsp3) is 0.333. The summed E-state index contributed by atoms with van der Waals surface area (Å²) >= 11 is 0. The summed E-state index contributed by atoms with van der Waals surface area (Å²) in [5.74, 6) is 0. The first-order valence-electron chi connectivity index (χ1n) is 4.36. The predicted molar refractivity (Wildman–Crippen MR) is 50.8 cm³/mol. The Bertz CT molecular complexity index is 375. The van der Waals surface area contributed by atoms with E-state index >= 15 is 0 Å². The lowest BCUT2D eigenvalue weighted by molar-refractivity contribution is -0.384. The number of halogens is 3. The highest BCUT2D eigenvalue weighted by molar-refractivity contribution is 5.33. The number of nitrogens with two attached hydrogens (primary N) is 1. The average Bonchev–Trinajstić information content (AvgIpc) is 2.17. The molecule has 0 bridgehead atoms. The van der Waals surface area contributed by atoms with Gasteiger partial charge >= 0.3 is 6.18 Å². The number of benzene rings is 1. The molecule has 0 aliphatic rings. The van der Waals surface area contributed by atoms with Gasteiger partial charge in [-0.25, -0.2) is 0 Å². The Hall–Kier alpha value is -1.63. The van der Waals surface area contributed by atoms with E-state index in [2.05, 4.69) is 0 Å². The van der Waals surface area contributed by atoms with E-state index in [-0.39, 0.29) is 12.1 Å². The van der Waals surface area contributed by atoms with Crippen molar-refractivity contribution in [2.75, 3.05) is 0 Å². The molecule has 0 fully saturated rings. The molecule has 0 saturated carbocycles. The molecule has 7 heteroatoms. The molecule has 1 unspecified atom stereocenters. The van der Waals surface area contributed by atoms with Gasteiger partial charge in [-0.15, -0.1) is 0 Å². The van der Waals surface area contributed by atoms with Gasteiger partial charge in [-0.2, -0.15) is 13.2 Å². The second-order valence-electron chi connectivity index (χ2n) is 3.28. The summed E-state index contributed by atoms with van der Waals surface area (Å²) in [6.07, 6.45) is -4.84. The topological polar surface area (TPSA) is 69.2 Å². The van der Waals surface area contributed by atoms with Crippen LogP contribution in [0.25, 0.3) is 0 Å². The third-order valence-electron chi connectivity index (χ3n) is 2.02. The van der Waals surface area contributed by atoms with Crippen molar-refractivity contribution in [1.29, 1.82) is 0 Å². The Morgan fingerprint density at radius 1 is 1.31 bits per heavy atom. The molecular weight excluding hydrogens is 225 g/mol. The van der Waals surface area contributed by atoms with Crippen LogP contribution in [0.4, 0.5) is 18.9 Å². The van der Waals surface area contributed by atoms with Crippen LogP contribution in [-0.4, -0.2) is 17.1 Å². The summed E-state index contributed by atoms with van der Waals surface area (Å²) in [5, 5.41) is 10.3. The van der Waals surface area contributed by atoms with Crippen molar-refractivity contribution >= 4 is 5.69 Å². The lowest BCUT2D eigenvalue weighted by atomic mass is 10.1. The first-order valence-corrected chi connectivity index (χ1v) is 4.36. The molecule has 2 N–H and O–H groups in total. The van der Waals surface area contributed by atoms with Gasteiger partial charge in [0.2, 0.25) is 0 Å². The monoisotopic (exact) mass is 234 g/mol. The normalized spacial score (nSPS) is 13.5. The Morgan fingerprint density at radius 3 is 2.19 bits per heavy atom. The predicted octanol–water partition coefficient (Wildman–Crippen LogP) is 2.03. The molecule has 0 aliphatic heterocycles. The number of hydrogen-bond acceptors (Lipinski definition) is 3. The SMILES string of the molecule is NC(Cc1ccc([N+](=O)[O-])cc1)C(F)(F)F. The second kappa shape index (κ2) is 4.48. The minimum Gasteiger partial charge on any atom is -0.320 e. The molecule has 0 spiro atoms. The lowest BCUT2D eigenvalue weighted by Crippen LogP contribution is -2.39. The van der Waals surface area contributed by atoms with Crippen LogP contribution in [0.5, 0.6) is 0 Å². The number of nitro benzene ring substituents is 1. The Morgan fingerprint density at radius 2 is 1.81 bits per heavy atom. The van der Waals surface area contributed by atoms with Crippen molar-refractivity contribution in [2.45, 2.75) is 18.6 Å². The van der Waals surface area contributed by atoms with Crippen LogP contribution >= 0.6 is 0 Å². The quantitative estimate of drug-likeness (QED) is 0.642. The van der Waals surface area contributed by atoms with Crippen molar-refractivity contribution < 1.29 is 18.1 Å². The van der Waals surface area contributed by atoms with Crippen LogP contribution in [0.1, 0.15) is 5.56 Å². The van der Waals surface area contributed by atoms with Gasteiger partial charge in [0.15, 0.2) is 0 Å². The Kier molecular flexibility index (Phi) is 3.48. The van der Waals surface area contributed by atoms with Crippen molar-refractivity contribution in [3.8, 4) is 0 Å². The number of nitro groups is 1. The van der Waals surface area contributed by atoms with Crippen LogP contribution in [0.2, 0.25) is 0 Å². The molecular formula is C9H9F3N2O2. The van der Waals surface area contributed by atoms with Crippen LogP contribution < -0.4 is 5.73 Å². The van der Waals surface area contributed by atoms with Crippen LogP contribution in [0.15, 0.2) is 24.3 Å². The van der Waals surface area contributed by atoms with E-state index in [1.54, 1.807) is 0 Å². The fourth-order valence-electron chi connectivity index (χ4n) is 1.12. The number of rotatable bonds is 3. The minimum absolute atomic E-state index is 0.163. The largest absolute Gasteiger partial charge is 0.403 e. The van der Waals surface area contributed by atoms with Gasteiger partial charge in [-0.1, -0.05) is 12.1 Å². The Balaban J connectivity index is 2.73. The minimum atomic E-state index is -4.46. The molecule has 1 atom stereocenters. The molecule has 0 amide bonds. The van der Waals surface area contributed by atoms with E-state index in [4.69, 9.17) is 5.73 Å². The first kappa shape index (κ1) is 12.4. The van der Waals surface area contributed by atoms with E-state index < -0.39 is 17.1 Å². The third-order valence-corrected chi connectivity index (χ3v) is 2.02. The summed E-state index contributed by atoms with van der Waals surface area (Å²) < 4.78 is 36.3. The van der Waals surface area contributed by atoms with E-state index in [1.807, 2.05) is 0 Å². The van der Waals surface area contributed by atoms with Crippen LogP contribution in [0, 0.1) is 10.1 Å². The smallest absolute Gasteiger partial charge is 0.320 e. The maximum Gasteiger partial charge on any atom is 0.403 e.